The summed E-state index contributed by atoms with van der Waals surface area (Å²) in [6, 6.07) is 4.31. The van der Waals surface area contributed by atoms with Gasteiger partial charge in [0.2, 0.25) is 0 Å². The standard InChI is InChI=1S/C20H26O3/c1-5-22-18-14-7-6-10-20(3,4)17(14)9-8-15(18)19-16(11-21)13(2)12-23-19/h8-9,12,21H,5-7,10-11H2,1-4H3. The van der Waals surface area contributed by atoms with Crippen molar-refractivity contribution < 1.29 is 14.3 Å². The van der Waals surface area contributed by atoms with Crippen molar-refractivity contribution >= 4 is 0 Å². The highest BCUT2D eigenvalue weighted by Gasteiger charge is 2.31. The number of aliphatic hydroxyl groups is 1. The second kappa shape index (κ2) is 6.04. The molecule has 1 heterocycles. The largest absolute Gasteiger partial charge is 0.493 e. The smallest absolute Gasteiger partial charge is 0.143 e. The van der Waals surface area contributed by atoms with E-state index in [0.717, 1.165) is 34.6 Å². The summed E-state index contributed by atoms with van der Waals surface area (Å²) in [6.07, 6.45) is 5.12. The first-order chi connectivity index (χ1) is 11.0. The Bertz CT molecular complexity index is 710. The molecule has 0 radical (unpaired) electrons. The molecule has 0 bridgehead atoms. The van der Waals surface area contributed by atoms with Crippen molar-refractivity contribution in [3.05, 3.63) is 40.6 Å². The molecule has 3 heteroatoms. The molecule has 3 rings (SSSR count). The van der Waals surface area contributed by atoms with Crippen LogP contribution in [0.5, 0.6) is 5.75 Å². The number of benzene rings is 1. The first kappa shape index (κ1) is 16.1. The molecule has 0 amide bonds. The van der Waals surface area contributed by atoms with E-state index in [1.807, 2.05) is 13.8 Å². The fourth-order valence-electron chi connectivity index (χ4n) is 3.73. The zero-order valence-electron chi connectivity index (χ0n) is 14.5. The third-order valence-electron chi connectivity index (χ3n) is 5.01. The van der Waals surface area contributed by atoms with Gasteiger partial charge in [-0.05, 0) is 61.3 Å². The first-order valence-electron chi connectivity index (χ1n) is 8.47. The SMILES string of the molecule is CCOc1c(-c2occ(C)c2CO)ccc2c1CCCC2(C)C. The monoisotopic (exact) mass is 314 g/mol. The highest BCUT2D eigenvalue weighted by molar-refractivity contribution is 5.73. The van der Waals surface area contributed by atoms with Gasteiger partial charge in [-0.3, -0.25) is 0 Å². The van der Waals surface area contributed by atoms with Gasteiger partial charge in [0.1, 0.15) is 11.5 Å². The molecule has 0 saturated heterocycles. The Balaban J connectivity index is 2.22. The second-order valence-electron chi connectivity index (χ2n) is 7.02. The van der Waals surface area contributed by atoms with Crippen LogP contribution in [0.15, 0.2) is 22.8 Å². The Labute approximate surface area is 138 Å². The van der Waals surface area contributed by atoms with Gasteiger partial charge in [0.15, 0.2) is 0 Å². The van der Waals surface area contributed by atoms with Gasteiger partial charge in [-0.1, -0.05) is 19.9 Å². The van der Waals surface area contributed by atoms with Crippen LogP contribution in [0.25, 0.3) is 11.3 Å². The van der Waals surface area contributed by atoms with E-state index in [2.05, 4.69) is 26.0 Å². The molecule has 0 unspecified atom stereocenters. The van der Waals surface area contributed by atoms with Gasteiger partial charge >= 0.3 is 0 Å². The molecule has 3 nitrogen and oxygen atoms in total. The van der Waals surface area contributed by atoms with E-state index in [-0.39, 0.29) is 12.0 Å². The van der Waals surface area contributed by atoms with E-state index >= 15 is 0 Å². The van der Waals surface area contributed by atoms with Crippen molar-refractivity contribution in [1.29, 1.82) is 0 Å². The number of fused-ring (bicyclic) bond motifs is 1. The van der Waals surface area contributed by atoms with Gasteiger partial charge in [0.05, 0.1) is 25.0 Å². The minimum atomic E-state index is -0.0220. The molecule has 2 aromatic rings. The summed E-state index contributed by atoms with van der Waals surface area (Å²) in [4.78, 5) is 0. The molecule has 124 valence electrons. The van der Waals surface area contributed by atoms with Crippen LogP contribution >= 0.6 is 0 Å². The molecule has 1 aliphatic carbocycles. The summed E-state index contributed by atoms with van der Waals surface area (Å²) >= 11 is 0. The summed E-state index contributed by atoms with van der Waals surface area (Å²) in [5, 5.41) is 9.69. The molecular weight excluding hydrogens is 288 g/mol. The average Bonchev–Trinajstić information content (AvgIpc) is 2.88. The number of aryl methyl sites for hydroxylation is 1. The molecule has 0 atom stereocenters. The minimum Gasteiger partial charge on any atom is -0.493 e. The maximum Gasteiger partial charge on any atom is 0.143 e. The van der Waals surface area contributed by atoms with Gasteiger partial charge in [-0.2, -0.15) is 0 Å². The highest BCUT2D eigenvalue weighted by atomic mass is 16.5. The predicted octanol–water partition coefficient (Wildman–Crippen LogP) is 4.76. The molecule has 0 spiro atoms. The van der Waals surface area contributed by atoms with Gasteiger partial charge in [0.25, 0.3) is 0 Å². The van der Waals surface area contributed by atoms with Crippen molar-refractivity contribution in [2.45, 2.75) is 59.0 Å². The normalized spacial score (nSPS) is 16.2. The molecule has 0 fully saturated rings. The van der Waals surface area contributed by atoms with Gasteiger partial charge < -0.3 is 14.3 Å². The molecular formula is C20H26O3. The molecule has 1 aromatic heterocycles. The molecule has 1 aromatic carbocycles. The van der Waals surface area contributed by atoms with Crippen molar-refractivity contribution in [1.82, 2.24) is 0 Å². The molecule has 1 aliphatic rings. The highest BCUT2D eigenvalue weighted by Crippen LogP contribution is 2.45. The lowest BCUT2D eigenvalue weighted by Crippen LogP contribution is -2.24. The van der Waals surface area contributed by atoms with Crippen molar-refractivity contribution in [3.63, 3.8) is 0 Å². The average molecular weight is 314 g/mol. The number of hydrogen-bond donors (Lipinski definition) is 1. The molecule has 1 N–H and O–H groups in total. The lowest BCUT2D eigenvalue weighted by atomic mass is 9.72. The second-order valence-corrected chi connectivity index (χ2v) is 7.02. The fraction of sp³-hybridized carbons (Fsp3) is 0.500. The number of ether oxygens (including phenoxy) is 1. The topological polar surface area (TPSA) is 42.6 Å². The lowest BCUT2D eigenvalue weighted by molar-refractivity contribution is 0.280. The third-order valence-corrected chi connectivity index (χ3v) is 5.01. The quantitative estimate of drug-likeness (QED) is 0.884. The van der Waals surface area contributed by atoms with E-state index in [1.54, 1.807) is 6.26 Å². The maximum absolute atomic E-state index is 9.69. The molecule has 0 aliphatic heterocycles. The summed E-state index contributed by atoms with van der Waals surface area (Å²) in [6.45, 7) is 9.18. The fourth-order valence-corrected chi connectivity index (χ4v) is 3.73. The van der Waals surface area contributed by atoms with Gasteiger partial charge in [-0.15, -0.1) is 0 Å². The minimum absolute atomic E-state index is 0.0220. The molecule has 23 heavy (non-hydrogen) atoms. The van der Waals surface area contributed by atoms with E-state index < -0.39 is 0 Å². The zero-order chi connectivity index (χ0) is 16.6. The number of hydrogen-bond acceptors (Lipinski definition) is 3. The van der Waals surface area contributed by atoms with Gasteiger partial charge in [0, 0.05) is 5.56 Å². The van der Waals surface area contributed by atoms with E-state index in [1.165, 1.54) is 24.0 Å². The summed E-state index contributed by atoms with van der Waals surface area (Å²) in [7, 11) is 0. The van der Waals surface area contributed by atoms with E-state index in [0.29, 0.717) is 6.61 Å². The first-order valence-corrected chi connectivity index (χ1v) is 8.47. The number of furan rings is 1. The van der Waals surface area contributed by atoms with Crippen LogP contribution in [-0.2, 0) is 18.4 Å². The van der Waals surface area contributed by atoms with Crippen LogP contribution in [0.1, 0.15) is 55.9 Å². The Morgan fingerprint density at radius 3 is 2.78 bits per heavy atom. The van der Waals surface area contributed by atoms with Crippen LogP contribution < -0.4 is 4.74 Å². The van der Waals surface area contributed by atoms with Gasteiger partial charge in [-0.25, -0.2) is 0 Å². The van der Waals surface area contributed by atoms with Crippen LogP contribution in [0.3, 0.4) is 0 Å². The maximum atomic E-state index is 9.69. The van der Waals surface area contributed by atoms with Crippen LogP contribution in [0, 0.1) is 6.92 Å². The number of rotatable bonds is 4. The zero-order valence-corrected chi connectivity index (χ0v) is 14.5. The Hall–Kier alpha value is -1.74. The van der Waals surface area contributed by atoms with Crippen LogP contribution in [0.2, 0.25) is 0 Å². The Kier molecular flexibility index (Phi) is 4.24. The number of aliphatic hydroxyl groups excluding tert-OH is 1. The van der Waals surface area contributed by atoms with Crippen molar-refractivity contribution in [2.75, 3.05) is 6.61 Å². The predicted molar refractivity (Wildman–Crippen MR) is 91.9 cm³/mol. The van der Waals surface area contributed by atoms with Crippen LogP contribution in [-0.4, -0.2) is 11.7 Å². The summed E-state index contributed by atoms with van der Waals surface area (Å²) in [5.74, 6) is 1.67. The van der Waals surface area contributed by atoms with E-state index in [4.69, 9.17) is 9.15 Å². The van der Waals surface area contributed by atoms with Crippen molar-refractivity contribution in [3.8, 4) is 17.1 Å². The van der Waals surface area contributed by atoms with E-state index in [9.17, 15) is 5.11 Å². The molecule has 0 saturated carbocycles. The lowest BCUT2D eigenvalue weighted by Gasteiger charge is -2.34. The Morgan fingerprint density at radius 1 is 1.30 bits per heavy atom. The van der Waals surface area contributed by atoms with Crippen LogP contribution in [0.4, 0.5) is 0 Å². The third kappa shape index (κ3) is 2.67. The summed E-state index contributed by atoms with van der Waals surface area (Å²) < 4.78 is 11.8. The Morgan fingerprint density at radius 2 is 2.09 bits per heavy atom. The van der Waals surface area contributed by atoms with Crippen molar-refractivity contribution in [2.24, 2.45) is 0 Å². The summed E-state index contributed by atoms with van der Waals surface area (Å²) in [5.41, 5.74) is 5.64.